The molecule has 0 saturated heterocycles. The Hall–Kier alpha value is -0.0800. The Kier molecular flexibility index (Phi) is 6.21. The van der Waals surface area contributed by atoms with Crippen LogP contribution in [0, 0.1) is 51.8 Å². The quantitative estimate of drug-likeness (QED) is 0.481. The van der Waals surface area contributed by atoms with Gasteiger partial charge in [-0.1, -0.05) is 41.0 Å². The summed E-state index contributed by atoms with van der Waals surface area (Å²) < 4.78 is 0. The van der Waals surface area contributed by atoms with Gasteiger partial charge in [0.05, 0.1) is 11.7 Å². The molecule has 31 heavy (non-hydrogen) atoms. The van der Waals surface area contributed by atoms with Gasteiger partial charge in [-0.15, -0.1) is 0 Å². The highest BCUT2D eigenvalue weighted by molar-refractivity contribution is 5.14. The molecular weight excluding hydrogens is 380 g/mol. The van der Waals surface area contributed by atoms with Gasteiger partial charge in [-0.2, -0.15) is 0 Å². The predicted octanol–water partition coefficient (Wildman–Crippen LogP) is 7.22. The average molecular weight is 433 g/mol. The number of hydrogen-bond acceptors (Lipinski definition) is 2. The minimum Gasteiger partial charge on any atom is -0.393 e. The van der Waals surface area contributed by atoms with Crippen LogP contribution in [-0.2, 0) is 0 Å². The molecule has 0 amide bonds. The highest BCUT2D eigenvalue weighted by Gasteiger charge is 2.65. The lowest BCUT2D eigenvalue weighted by Gasteiger charge is -2.65. The van der Waals surface area contributed by atoms with E-state index in [1.54, 1.807) is 0 Å². The van der Waals surface area contributed by atoms with Crippen LogP contribution in [0.1, 0.15) is 119 Å². The minimum absolute atomic E-state index is 0.0398. The van der Waals surface area contributed by atoms with Gasteiger partial charge in [-0.3, -0.25) is 0 Å². The average Bonchev–Trinajstić information content (AvgIpc) is 2.97. The fourth-order valence-corrected chi connectivity index (χ4v) is 9.67. The third-order valence-corrected chi connectivity index (χ3v) is 12.5. The Labute approximate surface area is 193 Å². The SMILES string of the molecule is C[C@H](CC[C@H](C)C(C)(C)O)C1CC[C@@]2(C)C3CCC4C[C@@H](O)CC[C@]4(C)C3CC[C@]12C. The van der Waals surface area contributed by atoms with Crippen LogP contribution >= 0.6 is 0 Å². The molecule has 0 radical (unpaired) electrons. The summed E-state index contributed by atoms with van der Waals surface area (Å²) in [5.74, 6) is 4.47. The molecule has 0 aromatic heterocycles. The highest BCUT2D eigenvalue weighted by Crippen LogP contribution is 2.73. The van der Waals surface area contributed by atoms with E-state index >= 15 is 0 Å². The Morgan fingerprint density at radius 2 is 1.52 bits per heavy atom. The molecule has 0 spiro atoms. The van der Waals surface area contributed by atoms with Crippen LogP contribution in [0.15, 0.2) is 0 Å². The molecule has 4 aliphatic rings. The third-order valence-electron chi connectivity index (χ3n) is 12.5. The van der Waals surface area contributed by atoms with Gasteiger partial charge >= 0.3 is 0 Å². The first-order valence-electron chi connectivity index (χ1n) is 13.7. The first-order chi connectivity index (χ1) is 14.3. The number of fused-ring (bicyclic) bond motifs is 5. The molecule has 2 nitrogen and oxygen atoms in total. The smallest absolute Gasteiger partial charge is 0.0617 e. The summed E-state index contributed by atoms with van der Waals surface area (Å²) in [5, 5.41) is 20.7. The molecular formula is C29H52O2. The maximum Gasteiger partial charge on any atom is 0.0617 e. The van der Waals surface area contributed by atoms with Crippen LogP contribution in [0.25, 0.3) is 0 Å². The molecule has 4 unspecified atom stereocenters. The van der Waals surface area contributed by atoms with E-state index in [1.807, 2.05) is 13.8 Å². The number of aliphatic hydroxyl groups is 2. The molecule has 10 atom stereocenters. The second kappa shape index (κ2) is 8.00. The monoisotopic (exact) mass is 432 g/mol. The molecule has 4 fully saturated rings. The zero-order chi connectivity index (χ0) is 22.8. The fraction of sp³-hybridized carbons (Fsp3) is 1.00. The summed E-state index contributed by atoms with van der Waals surface area (Å²) in [7, 11) is 0. The van der Waals surface area contributed by atoms with Gasteiger partial charge in [0, 0.05) is 0 Å². The van der Waals surface area contributed by atoms with Crippen LogP contribution in [0.4, 0.5) is 0 Å². The van der Waals surface area contributed by atoms with E-state index in [2.05, 4.69) is 34.6 Å². The maximum absolute atomic E-state index is 10.4. The van der Waals surface area contributed by atoms with E-state index in [4.69, 9.17) is 0 Å². The first kappa shape index (κ1) is 24.1. The minimum atomic E-state index is -0.562. The van der Waals surface area contributed by atoms with E-state index in [-0.39, 0.29) is 6.10 Å². The van der Waals surface area contributed by atoms with Crippen LogP contribution in [0.3, 0.4) is 0 Å². The van der Waals surface area contributed by atoms with E-state index in [9.17, 15) is 10.2 Å². The summed E-state index contributed by atoms with van der Waals surface area (Å²) >= 11 is 0. The van der Waals surface area contributed by atoms with Gasteiger partial charge in [0.2, 0.25) is 0 Å². The Bertz CT molecular complexity index is 652. The summed E-state index contributed by atoms with van der Waals surface area (Å²) in [4.78, 5) is 0. The van der Waals surface area contributed by atoms with E-state index in [0.29, 0.717) is 22.2 Å². The van der Waals surface area contributed by atoms with Crippen molar-refractivity contribution >= 4 is 0 Å². The molecule has 4 saturated carbocycles. The van der Waals surface area contributed by atoms with Crippen LogP contribution in [0.2, 0.25) is 0 Å². The molecule has 0 heterocycles. The molecule has 4 rings (SSSR count). The van der Waals surface area contributed by atoms with Gasteiger partial charge in [0.1, 0.15) is 0 Å². The Morgan fingerprint density at radius 3 is 2.19 bits per heavy atom. The lowest BCUT2D eigenvalue weighted by molar-refractivity contribution is -0.165. The van der Waals surface area contributed by atoms with Crippen molar-refractivity contribution < 1.29 is 10.2 Å². The van der Waals surface area contributed by atoms with Crippen molar-refractivity contribution in [3.05, 3.63) is 0 Å². The zero-order valence-corrected chi connectivity index (χ0v) is 21.7. The van der Waals surface area contributed by atoms with Crippen LogP contribution in [0.5, 0.6) is 0 Å². The molecule has 4 aliphatic carbocycles. The maximum atomic E-state index is 10.4. The second-order valence-corrected chi connectivity index (χ2v) is 14.0. The van der Waals surface area contributed by atoms with E-state index < -0.39 is 5.60 Å². The predicted molar refractivity (Wildman–Crippen MR) is 130 cm³/mol. The van der Waals surface area contributed by atoms with Gasteiger partial charge < -0.3 is 10.2 Å². The number of rotatable bonds is 5. The standard InChI is InChI=1S/C29H52O2/c1-19(8-9-20(2)26(3,4)31)23-13-16-29(7)25-11-10-21-18-22(30)12-15-27(21,5)24(25)14-17-28(23,29)6/h19-25,30-31H,8-18H2,1-7H3/t19-,20+,21?,22+,23?,24?,25?,27+,28-,29+/m1/s1. The highest BCUT2D eigenvalue weighted by atomic mass is 16.3. The van der Waals surface area contributed by atoms with Gasteiger partial charge in [0.25, 0.3) is 0 Å². The largest absolute Gasteiger partial charge is 0.393 e. The number of aliphatic hydroxyl groups excluding tert-OH is 1. The van der Waals surface area contributed by atoms with Crippen molar-refractivity contribution in [2.24, 2.45) is 51.8 Å². The topological polar surface area (TPSA) is 40.5 Å². The third kappa shape index (κ3) is 3.74. The summed E-state index contributed by atoms with van der Waals surface area (Å²) in [6.07, 6.45) is 14.1. The molecule has 0 aliphatic heterocycles. The summed E-state index contributed by atoms with van der Waals surface area (Å²) in [5.41, 5.74) is 0.871. The second-order valence-electron chi connectivity index (χ2n) is 14.0. The molecule has 2 heteroatoms. The van der Waals surface area contributed by atoms with Crippen molar-refractivity contribution in [3.8, 4) is 0 Å². The fourth-order valence-electron chi connectivity index (χ4n) is 9.67. The lowest BCUT2D eigenvalue weighted by Crippen LogP contribution is -2.58. The molecule has 0 aromatic carbocycles. The normalized spacial score (nSPS) is 49.6. The van der Waals surface area contributed by atoms with Crippen molar-refractivity contribution in [2.45, 2.75) is 131 Å². The van der Waals surface area contributed by atoms with Crippen molar-refractivity contribution in [1.29, 1.82) is 0 Å². The Morgan fingerprint density at radius 1 is 0.839 bits per heavy atom. The van der Waals surface area contributed by atoms with Crippen molar-refractivity contribution in [1.82, 2.24) is 0 Å². The molecule has 0 bridgehead atoms. The van der Waals surface area contributed by atoms with Gasteiger partial charge in [-0.25, -0.2) is 0 Å². The van der Waals surface area contributed by atoms with Crippen LogP contribution in [-0.4, -0.2) is 21.9 Å². The Balaban J connectivity index is 1.50. The lowest BCUT2D eigenvalue weighted by atomic mass is 9.40. The summed E-state index contributed by atoms with van der Waals surface area (Å²) in [6, 6.07) is 0. The van der Waals surface area contributed by atoms with Gasteiger partial charge in [0.15, 0.2) is 0 Å². The van der Waals surface area contributed by atoms with Crippen molar-refractivity contribution in [3.63, 3.8) is 0 Å². The number of hydrogen-bond donors (Lipinski definition) is 2. The first-order valence-corrected chi connectivity index (χ1v) is 13.7. The zero-order valence-electron chi connectivity index (χ0n) is 21.7. The van der Waals surface area contributed by atoms with Gasteiger partial charge in [-0.05, 0) is 130 Å². The molecule has 0 aromatic rings. The van der Waals surface area contributed by atoms with Crippen molar-refractivity contribution in [2.75, 3.05) is 0 Å². The molecule has 180 valence electrons. The van der Waals surface area contributed by atoms with E-state index in [1.165, 1.54) is 51.4 Å². The summed E-state index contributed by atoms with van der Waals surface area (Å²) in [6.45, 7) is 16.7. The molecule has 2 N–H and O–H groups in total. The van der Waals surface area contributed by atoms with Crippen LogP contribution < -0.4 is 0 Å². The van der Waals surface area contributed by atoms with E-state index in [0.717, 1.165) is 48.9 Å².